The lowest BCUT2D eigenvalue weighted by Gasteiger charge is -2.38. The van der Waals surface area contributed by atoms with E-state index in [1.54, 1.807) is 0 Å². The van der Waals surface area contributed by atoms with Crippen molar-refractivity contribution in [2.75, 3.05) is 6.61 Å². The van der Waals surface area contributed by atoms with E-state index in [2.05, 4.69) is 8.92 Å². The van der Waals surface area contributed by atoms with Crippen LogP contribution in [0, 0.1) is 0 Å². The van der Waals surface area contributed by atoms with Crippen LogP contribution in [-0.4, -0.2) is 70.7 Å². The average molecular weight is 260 g/mol. The van der Waals surface area contributed by atoms with Crippen molar-refractivity contribution >= 4 is 10.4 Å². The predicted octanol–water partition coefficient (Wildman–Crippen LogP) is -3.39. The van der Waals surface area contributed by atoms with Crippen molar-refractivity contribution in [2.45, 2.75) is 30.7 Å². The smallest absolute Gasteiger partial charge is 0.394 e. The summed E-state index contributed by atoms with van der Waals surface area (Å²) >= 11 is 0. The van der Waals surface area contributed by atoms with Gasteiger partial charge >= 0.3 is 10.4 Å². The Hall–Kier alpha value is -0.330. The monoisotopic (exact) mass is 260 g/mol. The molecule has 1 rings (SSSR count). The number of ether oxygens (including phenoxy) is 1. The van der Waals surface area contributed by atoms with Gasteiger partial charge in [0.05, 0.1) is 6.61 Å². The molecule has 5 N–H and O–H groups in total. The SMILES string of the molecule is O=S(=O)(O)OC1O[C@H](CO)[C@@H](O)[C@H](O)[C@H]1O. The highest BCUT2D eigenvalue weighted by molar-refractivity contribution is 7.80. The zero-order chi connectivity index (χ0) is 12.5. The van der Waals surface area contributed by atoms with E-state index in [-0.39, 0.29) is 0 Å². The Labute approximate surface area is 90.8 Å². The number of aliphatic hydroxyl groups excluding tert-OH is 4. The van der Waals surface area contributed by atoms with Crippen molar-refractivity contribution in [3.8, 4) is 0 Å². The van der Waals surface area contributed by atoms with E-state index >= 15 is 0 Å². The van der Waals surface area contributed by atoms with Crippen molar-refractivity contribution in [3.63, 3.8) is 0 Å². The molecule has 0 bridgehead atoms. The molecule has 1 heterocycles. The molecule has 1 aliphatic heterocycles. The van der Waals surface area contributed by atoms with Crippen LogP contribution in [0.5, 0.6) is 0 Å². The lowest BCUT2D eigenvalue weighted by molar-refractivity contribution is -0.277. The average Bonchev–Trinajstić information content (AvgIpc) is 2.17. The molecule has 0 amide bonds. The molecule has 0 aromatic rings. The molecule has 1 unspecified atom stereocenters. The maximum absolute atomic E-state index is 10.4. The fourth-order valence-electron chi connectivity index (χ4n) is 1.27. The van der Waals surface area contributed by atoms with Gasteiger partial charge in [-0.3, -0.25) is 4.55 Å². The van der Waals surface area contributed by atoms with Crippen molar-refractivity contribution in [2.24, 2.45) is 0 Å². The minimum absolute atomic E-state index is 0.726. The lowest BCUT2D eigenvalue weighted by Crippen LogP contribution is -2.59. The van der Waals surface area contributed by atoms with Crippen LogP contribution in [-0.2, 0) is 19.3 Å². The van der Waals surface area contributed by atoms with Gasteiger partial charge in [-0.2, -0.15) is 8.42 Å². The fraction of sp³-hybridized carbons (Fsp3) is 1.00. The topological polar surface area (TPSA) is 154 Å². The molecule has 1 fully saturated rings. The first-order chi connectivity index (χ1) is 7.26. The van der Waals surface area contributed by atoms with Crippen LogP contribution in [0.15, 0.2) is 0 Å². The van der Waals surface area contributed by atoms with Crippen LogP contribution in [0.25, 0.3) is 0 Å². The highest BCUT2D eigenvalue weighted by Gasteiger charge is 2.45. The Morgan fingerprint density at radius 3 is 2.12 bits per heavy atom. The molecule has 16 heavy (non-hydrogen) atoms. The minimum atomic E-state index is -4.89. The van der Waals surface area contributed by atoms with E-state index in [1.165, 1.54) is 0 Å². The molecule has 1 aliphatic rings. The van der Waals surface area contributed by atoms with Gasteiger partial charge in [-0.05, 0) is 0 Å². The van der Waals surface area contributed by atoms with E-state index in [0.717, 1.165) is 0 Å². The summed E-state index contributed by atoms with van der Waals surface area (Å²) in [7, 11) is -4.89. The number of hydrogen-bond donors (Lipinski definition) is 5. The zero-order valence-corrected chi connectivity index (χ0v) is 8.69. The van der Waals surface area contributed by atoms with Gasteiger partial charge in [0.1, 0.15) is 24.4 Å². The predicted molar refractivity (Wildman–Crippen MR) is 46.4 cm³/mol. The summed E-state index contributed by atoms with van der Waals surface area (Å²) in [5.74, 6) is 0. The number of hydrogen-bond acceptors (Lipinski definition) is 8. The van der Waals surface area contributed by atoms with Gasteiger partial charge in [0, 0.05) is 0 Å². The second kappa shape index (κ2) is 4.89. The third-order valence-electron chi connectivity index (χ3n) is 2.06. The lowest BCUT2D eigenvalue weighted by atomic mass is 10.00. The van der Waals surface area contributed by atoms with Crippen molar-refractivity contribution < 1.29 is 42.3 Å². The molecule has 0 aliphatic carbocycles. The van der Waals surface area contributed by atoms with Crippen LogP contribution in [0.3, 0.4) is 0 Å². The van der Waals surface area contributed by atoms with Crippen molar-refractivity contribution in [3.05, 3.63) is 0 Å². The largest absolute Gasteiger partial charge is 0.399 e. The summed E-state index contributed by atoms with van der Waals surface area (Å²) in [4.78, 5) is 0. The van der Waals surface area contributed by atoms with Gasteiger partial charge < -0.3 is 25.2 Å². The van der Waals surface area contributed by atoms with E-state index in [0.29, 0.717) is 0 Å². The van der Waals surface area contributed by atoms with Crippen LogP contribution in [0.1, 0.15) is 0 Å². The molecule has 9 nitrogen and oxygen atoms in total. The highest BCUT2D eigenvalue weighted by Crippen LogP contribution is 2.22. The molecule has 1 saturated heterocycles. The molecule has 5 atom stereocenters. The van der Waals surface area contributed by atoms with Crippen LogP contribution in [0.2, 0.25) is 0 Å². The first-order valence-electron chi connectivity index (χ1n) is 4.22. The first-order valence-corrected chi connectivity index (χ1v) is 5.59. The van der Waals surface area contributed by atoms with Gasteiger partial charge in [-0.1, -0.05) is 0 Å². The Morgan fingerprint density at radius 1 is 1.12 bits per heavy atom. The Balaban J connectivity index is 2.79. The van der Waals surface area contributed by atoms with Crippen molar-refractivity contribution in [1.29, 1.82) is 0 Å². The Bertz CT molecular complexity index is 325. The van der Waals surface area contributed by atoms with Gasteiger partial charge in [0.2, 0.25) is 6.29 Å². The molecule has 0 aromatic carbocycles. The summed E-state index contributed by atoms with van der Waals surface area (Å²) in [6.07, 6.45) is -8.46. The first kappa shape index (κ1) is 13.7. The molecule has 0 aromatic heterocycles. The third kappa shape index (κ3) is 3.09. The van der Waals surface area contributed by atoms with E-state index in [1.807, 2.05) is 0 Å². The Morgan fingerprint density at radius 2 is 1.69 bits per heavy atom. The maximum Gasteiger partial charge on any atom is 0.399 e. The quantitative estimate of drug-likeness (QED) is 0.327. The zero-order valence-electron chi connectivity index (χ0n) is 7.87. The van der Waals surface area contributed by atoms with E-state index in [4.69, 9.17) is 9.66 Å². The Kier molecular flexibility index (Phi) is 4.20. The third-order valence-corrected chi connectivity index (χ3v) is 2.50. The molecule has 10 heteroatoms. The summed E-state index contributed by atoms with van der Waals surface area (Å²) < 4.78 is 37.6. The molecule has 96 valence electrons. The standard InChI is InChI=1S/C6H12O9S/c7-1-2-3(8)4(9)5(10)6(14-2)15-16(11,12)13/h2-10H,1H2,(H,11,12,13)/t2-,3-,4+,5-,6?/m1/s1. The maximum atomic E-state index is 10.4. The van der Waals surface area contributed by atoms with Crippen LogP contribution < -0.4 is 0 Å². The summed E-state index contributed by atoms with van der Waals surface area (Å²) in [5.41, 5.74) is 0. The fourth-order valence-corrected chi connectivity index (χ4v) is 1.67. The van der Waals surface area contributed by atoms with Gasteiger partial charge in [-0.25, -0.2) is 4.18 Å². The molecule has 0 saturated carbocycles. The van der Waals surface area contributed by atoms with Crippen LogP contribution in [0.4, 0.5) is 0 Å². The van der Waals surface area contributed by atoms with Gasteiger partial charge in [0.25, 0.3) is 0 Å². The second-order valence-electron chi connectivity index (χ2n) is 3.22. The minimum Gasteiger partial charge on any atom is -0.394 e. The molecular weight excluding hydrogens is 248 g/mol. The van der Waals surface area contributed by atoms with E-state index < -0.39 is 47.7 Å². The summed E-state index contributed by atoms with van der Waals surface area (Å²) in [5, 5.41) is 36.5. The van der Waals surface area contributed by atoms with Gasteiger partial charge in [-0.15, -0.1) is 0 Å². The highest BCUT2D eigenvalue weighted by atomic mass is 32.3. The number of rotatable bonds is 3. The van der Waals surface area contributed by atoms with E-state index in [9.17, 15) is 23.7 Å². The second-order valence-corrected chi connectivity index (χ2v) is 4.27. The van der Waals surface area contributed by atoms with Crippen LogP contribution >= 0.6 is 0 Å². The van der Waals surface area contributed by atoms with Crippen molar-refractivity contribution in [1.82, 2.24) is 0 Å². The molecule has 0 radical (unpaired) electrons. The molecule has 0 spiro atoms. The summed E-state index contributed by atoms with van der Waals surface area (Å²) in [6, 6.07) is 0. The summed E-state index contributed by atoms with van der Waals surface area (Å²) in [6.45, 7) is -0.726. The van der Waals surface area contributed by atoms with Gasteiger partial charge in [0.15, 0.2) is 0 Å². The normalized spacial score (nSPS) is 40.9. The number of aliphatic hydroxyl groups is 4. The molecular formula is C6H12O9S.